The minimum Gasteiger partial charge on any atom is -0.378 e. The molecule has 1 saturated heterocycles. The van der Waals surface area contributed by atoms with Gasteiger partial charge in [0.15, 0.2) is 0 Å². The van der Waals surface area contributed by atoms with Crippen LogP contribution in [-0.2, 0) is 9.53 Å². The average Bonchev–Trinajstić information content (AvgIpc) is 3.05. The number of nitriles is 1. The maximum atomic E-state index is 12.6. The molecule has 134 valence electrons. The second-order valence-corrected chi connectivity index (χ2v) is 7.59. The standard InChI is InChI=1S/C19H18ClN3O2S/c1-13-2-4-16(26-13)10-14(12-21)19(24)22-17-11-15(20)3-5-18(17)23-6-8-25-9-7-23/h2-5,10-11H,6-9H2,1H3,(H,22,24)/b14-10+. The van der Waals surface area contributed by atoms with Gasteiger partial charge in [0.2, 0.25) is 0 Å². The molecule has 5 nitrogen and oxygen atoms in total. The predicted octanol–water partition coefficient (Wildman–Crippen LogP) is 4.09. The first-order valence-electron chi connectivity index (χ1n) is 8.18. The summed E-state index contributed by atoms with van der Waals surface area (Å²) in [7, 11) is 0. The molecule has 0 saturated carbocycles. The number of nitrogens with one attached hydrogen (secondary N) is 1. The minimum atomic E-state index is -0.449. The van der Waals surface area contributed by atoms with E-state index in [0.29, 0.717) is 23.9 Å². The van der Waals surface area contributed by atoms with Crippen molar-refractivity contribution in [3.8, 4) is 6.07 Å². The van der Waals surface area contributed by atoms with E-state index in [2.05, 4.69) is 10.2 Å². The van der Waals surface area contributed by atoms with Crippen molar-refractivity contribution in [3.05, 3.63) is 50.7 Å². The molecule has 0 bridgehead atoms. The van der Waals surface area contributed by atoms with Crippen LogP contribution >= 0.6 is 22.9 Å². The van der Waals surface area contributed by atoms with Crippen LogP contribution in [0, 0.1) is 18.3 Å². The number of hydrogen-bond acceptors (Lipinski definition) is 5. The normalized spacial score (nSPS) is 14.8. The Balaban J connectivity index is 1.85. The lowest BCUT2D eigenvalue weighted by molar-refractivity contribution is -0.112. The highest BCUT2D eigenvalue weighted by molar-refractivity contribution is 7.12. The smallest absolute Gasteiger partial charge is 0.266 e. The molecule has 2 aromatic rings. The van der Waals surface area contributed by atoms with Crippen molar-refractivity contribution >= 4 is 46.3 Å². The molecule has 1 aromatic heterocycles. The number of halogens is 1. The van der Waals surface area contributed by atoms with Crippen LogP contribution in [0.1, 0.15) is 9.75 Å². The number of carbonyl (C=O) groups excluding carboxylic acids is 1. The van der Waals surface area contributed by atoms with Crippen molar-refractivity contribution < 1.29 is 9.53 Å². The number of morpholine rings is 1. The highest BCUT2D eigenvalue weighted by Crippen LogP contribution is 2.30. The minimum absolute atomic E-state index is 0.0553. The van der Waals surface area contributed by atoms with Crippen LogP contribution in [0.3, 0.4) is 0 Å². The summed E-state index contributed by atoms with van der Waals surface area (Å²) in [6.45, 7) is 4.72. The van der Waals surface area contributed by atoms with E-state index >= 15 is 0 Å². The van der Waals surface area contributed by atoms with Crippen LogP contribution in [0.4, 0.5) is 11.4 Å². The predicted molar refractivity (Wildman–Crippen MR) is 106 cm³/mol. The maximum Gasteiger partial charge on any atom is 0.266 e. The average molecular weight is 388 g/mol. The van der Waals surface area contributed by atoms with Gasteiger partial charge in [0.1, 0.15) is 11.6 Å². The number of hydrogen-bond donors (Lipinski definition) is 1. The fourth-order valence-corrected chi connectivity index (χ4v) is 3.69. The number of aryl methyl sites for hydroxylation is 1. The Labute approximate surface area is 161 Å². The zero-order valence-corrected chi connectivity index (χ0v) is 15.9. The van der Waals surface area contributed by atoms with Gasteiger partial charge in [-0.05, 0) is 43.3 Å². The summed E-state index contributed by atoms with van der Waals surface area (Å²) in [6.07, 6.45) is 1.60. The SMILES string of the molecule is Cc1ccc(/C=C(\C#N)C(=O)Nc2cc(Cl)ccc2N2CCOCC2)s1. The van der Waals surface area contributed by atoms with Gasteiger partial charge in [-0.1, -0.05) is 11.6 Å². The second-order valence-electron chi connectivity index (χ2n) is 5.83. The van der Waals surface area contributed by atoms with Crippen molar-refractivity contribution in [2.45, 2.75) is 6.92 Å². The molecule has 26 heavy (non-hydrogen) atoms. The maximum absolute atomic E-state index is 12.6. The quantitative estimate of drug-likeness (QED) is 0.633. The molecule has 1 N–H and O–H groups in total. The summed E-state index contributed by atoms with van der Waals surface area (Å²) in [5.74, 6) is -0.449. The third-order valence-electron chi connectivity index (χ3n) is 3.97. The monoisotopic (exact) mass is 387 g/mol. The highest BCUT2D eigenvalue weighted by Gasteiger charge is 2.18. The number of carbonyl (C=O) groups is 1. The van der Waals surface area contributed by atoms with Gasteiger partial charge in [-0.25, -0.2) is 0 Å². The van der Waals surface area contributed by atoms with Gasteiger partial charge in [0, 0.05) is 27.9 Å². The fraction of sp³-hybridized carbons (Fsp3) is 0.263. The van der Waals surface area contributed by atoms with Gasteiger partial charge in [-0.3, -0.25) is 4.79 Å². The number of ether oxygens (including phenoxy) is 1. The molecular weight excluding hydrogens is 370 g/mol. The van der Waals surface area contributed by atoms with Crippen LogP contribution in [0.2, 0.25) is 5.02 Å². The van der Waals surface area contributed by atoms with Crippen LogP contribution in [0.25, 0.3) is 6.08 Å². The Morgan fingerprint density at radius 2 is 2.12 bits per heavy atom. The van der Waals surface area contributed by atoms with E-state index in [9.17, 15) is 10.1 Å². The summed E-state index contributed by atoms with van der Waals surface area (Å²) in [5.41, 5.74) is 1.52. The number of amides is 1. The van der Waals surface area contributed by atoms with E-state index in [0.717, 1.165) is 28.5 Å². The van der Waals surface area contributed by atoms with Crippen LogP contribution in [0.15, 0.2) is 35.9 Å². The topological polar surface area (TPSA) is 65.4 Å². The Kier molecular flexibility index (Phi) is 5.94. The summed E-state index contributed by atoms with van der Waals surface area (Å²) in [4.78, 5) is 16.7. The Hall–Kier alpha value is -2.33. The van der Waals surface area contributed by atoms with Crippen molar-refractivity contribution in [3.63, 3.8) is 0 Å². The van der Waals surface area contributed by atoms with Crippen LogP contribution < -0.4 is 10.2 Å². The number of thiophene rings is 1. The van der Waals surface area contributed by atoms with E-state index in [1.807, 2.05) is 31.2 Å². The molecule has 0 unspecified atom stereocenters. The molecule has 7 heteroatoms. The first-order valence-corrected chi connectivity index (χ1v) is 9.38. The van der Waals surface area contributed by atoms with Crippen LogP contribution in [-0.4, -0.2) is 32.2 Å². The number of benzene rings is 1. The number of anilines is 2. The third kappa shape index (κ3) is 4.44. The molecule has 0 radical (unpaired) electrons. The molecule has 0 atom stereocenters. The lowest BCUT2D eigenvalue weighted by Gasteiger charge is -2.30. The van der Waals surface area contributed by atoms with E-state index in [1.165, 1.54) is 11.3 Å². The first-order chi connectivity index (χ1) is 12.6. The van der Waals surface area contributed by atoms with Gasteiger partial charge in [-0.2, -0.15) is 5.26 Å². The molecule has 0 spiro atoms. The molecule has 1 fully saturated rings. The van der Waals surface area contributed by atoms with E-state index in [1.54, 1.807) is 18.2 Å². The molecule has 1 aromatic carbocycles. The Morgan fingerprint density at radius 3 is 2.77 bits per heavy atom. The summed E-state index contributed by atoms with van der Waals surface area (Å²) in [5, 5.41) is 12.7. The zero-order valence-electron chi connectivity index (χ0n) is 14.3. The van der Waals surface area contributed by atoms with Gasteiger partial charge in [0.25, 0.3) is 5.91 Å². The Bertz CT molecular complexity index is 879. The summed E-state index contributed by atoms with van der Waals surface area (Å²) < 4.78 is 5.38. The second kappa shape index (κ2) is 8.37. The van der Waals surface area contributed by atoms with Gasteiger partial charge in [0.05, 0.1) is 24.6 Å². The van der Waals surface area contributed by atoms with E-state index in [-0.39, 0.29) is 5.57 Å². The molecule has 1 aliphatic heterocycles. The number of rotatable bonds is 4. The molecule has 3 rings (SSSR count). The van der Waals surface area contributed by atoms with Crippen molar-refractivity contribution in [1.29, 1.82) is 5.26 Å². The summed E-state index contributed by atoms with van der Waals surface area (Å²) >= 11 is 7.65. The molecule has 1 amide bonds. The molecule has 1 aliphatic rings. The molecule has 2 heterocycles. The first kappa shape index (κ1) is 18.5. The van der Waals surface area contributed by atoms with Crippen molar-refractivity contribution in [2.75, 3.05) is 36.5 Å². The lowest BCUT2D eigenvalue weighted by atomic mass is 10.2. The van der Waals surface area contributed by atoms with E-state index < -0.39 is 5.91 Å². The van der Waals surface area contributed by atoms with Gasteiger partial charge in [-0.15, -0.1) is 11.3 Å². The molecular formula is C19H18ClN3O2S. The summed E-state index contributed by atoms with van der Waals surface area (Å²) in [6, 6.07) is 11.2. The van der Waals surface area contributed by atoms with E-state index in [4.69, 9.17) is 16.3 Å². The number of nitrogens with zero attached hydrogens (tertiary/aromatic N) is 2. The fourth-order valence-electron chi connectivity index (χ4n) is 2.70. The van der Waals surface area contributed by atoms with Crippen LogP contribution in [0.5, 0.6) is 0 Å². The van der Waals surface area contributed by atoms with Crippen molar-refractivity contribution in [1.82, 2.24) is 0 Å². The highest BCUT2D eigenvalue weighted by atomic mass is 35.5. The zero-order chi connectivity index (χ0) is 18.5. The van der Waals surface area contributed by atoms with Crippen molar-refractivity contribution in [2.24, 2.45) is 0 Å². The Morgan fingerprint density at radius 1 is 1.35 bits per heavy atom. The molecule has 0 aliphatic carbocycles. The largest absolute Gasteiger partial charge is 0.378 e. The third-order valence-corrected chi connectivity index (χ3v) is 5.15. The van der Waals surface area contributed by atoms with Gasteiger partial charge >= 0.3 is 0 Å². The lowest BCUT2D eigenvalue weighted by Crippen LogP contribution is -2.36. The van der Waals surface area contributed by atoms with Gasteiger partial charge < -0.3 is 15.0 Å².